The molecule has 2 aromatic rings. The Bertz CT molecular complexity index is 623. The first-order valence-corrected chi connectivity index (χ1v) is 5.99. The zero-order valence-corrected chi connectivity index (χ0v) is 11.3. The van der Waals surface area contributed by atoms with E-state index in [4.69, 9.17) is 10.5 Å². The second-order valence-electron chi connectivity index (χ2n) is 4.34. The smallest absolute Gasteiger partial charge is 0.258 e. The van der Waals surface area contributed by atoms with Crippen LogP contribution < -0.4 is 15.4 Å². The summed E-state index contributed by atoms with van der Waals surface area (Å²) in [6.45, 7) is 0. The minimum atomic E-state index is -0.535. The highest BCUT2D eigenvalue weighted by molar-refractivity contribution is 6.06. The molecule has 0 heterocycles. The summed E-state index contributed by atoms with van der Waals surface area (Å²) in [4.78, 5) is 13.7. The molecule has 0 aliphatic rings. The lowest BCUT2D eigenvalue weighted by atomic mass is 10.1. The predicted molar refractivity (Wildman–Crippen MR) is 76.5 cm³/mol. The maximum absolute atomic E-state index is 13.3. The summed E-state index contributed by atoms with van der Waals surface area (Å²) in [6.07, 6.45) is 0. The monoisotopic (exact) mass is 274 g/mol. The fourth-order valence-electron chi connectivity index (χ4n) is 1.87. The van der Waals surface area contributed by atoms with Crippen LogP contribution in [0.5, 0.6) is 5.75 Å². The van der Waals surface area contributed by atoms with E-state index in [1.807, 2.05) is 0 Å². The Hall–Kier alpha value is -2.56. The van der Waals surface area contributed by atoms with Gasteiger partial charge in [0, 0.05) is 30.1 Å². The normalized spacial score (nSPS) is 10.2. The Balaban J connectivity index is 2.31. The first-order chi connectivity index (χ1) is 9.51. The van der Waals surface area contributed by atoms with Gasteiger partial charge in [0.1, 0.15) is 11.6 Å². The van der Waals surface area contributed by atoms with Gasteiger partial charge in [-0.15, -0.1) is 0 Å². The summed E-state index contributed by atoms with van der Waals surface area (Å²) in [5.74, 6) is -0.238. The minimum absolute atomic E-state index is 0.202. The highest BCUT2D eigenvalue weighted by Gasteiger charge is 2.15. The standard InChI is InChI=1S/C15H15FN2O2/c1-18(13-4-3-5-14(9-13)20-2)15(19)10-6-11(16)8-12(17)7-10/h3-9H,17H2,1-2H3. The molecule has 0 aliphatic heterocycles. The molecule has 104 valence electrons. The average molecular weight is 274 g/mol. The SMILES string of the molecule is COc1cccc(N(C)C(=O)c2cc(N)cc(F)c2)c1. The fraction of sp³-hybridized carbons (Fsp3) is 0.133. The van der Waals surface area contributed by atoms with Crippen molar-refractivity contribution in [1.82, 2.24) is 0 Å². The molecule has 2 N–H and O–H groups in total. The zero-order chi connectivity index (χ0) is 14.7. The molecule has 0 radical (unpaired) electrons. The number of anilines is 2. The largest absolute Gasteiger partial charge is 0.497 e. The molecule has 0 saturated carbocycles. The van der Waals surface area contributed by atoms with Crippen LogP contribution in [0.1, 0.15) is 10.4 Å². The van der Waals surface area contributed by atoms with Crippen molar-refractivity contribution in [2.75, 3.05) is 24.8 Å². The molecule has 0 fully saturated rings. The zero-order valence-electron chi connectivity index (χ0n) is 11.3. The minimum Gasteiger partial charge on any atom is -0.497 e. The Morgan fingerprint density at radius 1 is 1.25 bits per heavy atom. The van der Waals surface area contributed by atoms with Crippen molar-refractivity contribution >= 4 is 17.3 Å². The van der Waals surface area contributed by atoms with E-state index >= 15 is 0 Å². The number of hydrogen-bond donors (Lipinski definition) is 1. The molecule has 0 unspecified atom stereocenters. The molecular weight excluding hydrogens is 259 g/mol. The van der Waals surface area contributed by atoms with Gasteiger partial charge in [0.05, 0.1) is 7.11 Å². The lowest BCUT2D eigenvalue weighted by Gasteiger charge is -2.18. The third-order valence-corrected chi connectivity index (χ3v) is 2.91. The number of carbonyl (C=O) groups excluding carboxylic acids is 1. The maximum atomic E-state index is 13.3. The number of nitrogen functional groups attached to an aromatic ring is 1. The first kappa shape index (κ1) is 13.9. The molecule has 0 saturated heterocycles. The summed E-state index contributed by atoms with van der Waals surface area (Å²) < 4.78 is 18.4. The van der Waals surface area contributed by atoms with Crippen molar-refractivity contribution in [3.05, 3.63) is 53.8 Å². The number of rotatable bonds is 3. The van der Waals surface area contributed by atoms with Crippen LogP contribution in [0.4, 0.5) is 15.8 Å². The quantitative estimate of drug-likeness (QED) is 0.875. The molecule has 0 aromatic heterocycles. The van der Waals surface area contributed by atoms with E-state index in [1.54, 1.807) is 38.4 Å². The van der Waals surface area contributed by atoms with E-state index in [0.717, 1.165) is 6.07 Å². The van der Waals surface area contributed by atoms with Crippen molar-refractivity contribution < 1.29 is 13.9 Å². The first-order valence-electron chi connectivity index (χ1n) is 5.99. The Morgan fingerprint density at radius 3 is 2.65 bits per heavy atom. The second-order valence-corrected chi connectivity index (χ2v) is 4.34. The molecule has 2 aromatic carbocycles. The fourth-order valence-corrected chi connectivity index (χ4v) is 1.87. The molecule has 0 atom stereocenters. The van der Waals surface area contributed by atoms with Gasteiger partial charge < -0.3 is 15.4 Å². The van der Waals surface area contributed by atoms with Crippen LogP contribution in [-0.4, -0.2) is 20.1 Å². The summed E-state index contributed by atoms with van der Waals surface area (Å²) in [6, 6.07) is 10.8. The number of nitrogens with two attached hydrogens (primary N) is 1. The average Bonchev–Trinajstić information content (AvgIpc) is 2.44. The number of methoxy groups -OCH3 is 1. The van der Waals surface area contributed by atoms with Crippen molar-refractivity contribution in [2.24, 2.45) is 0 Å². The van der Waals surface area contributed by atoms with Gasteiger partial charge in [0.25, 0.3) is 5.91 Å². The van der Waals surface area contributed by atoms with Crippen molar-refractivity contribution in [3.63, 3.8) is 0 Å². The van der Waals surface area contributed by atoms with Crippen LogP contribution >= 0.6 is 0 Å². The van der Waals surface area contributed by atoms with Gasteiger partial charge in [-0.05, 0) is 30.3 Å². The highest BCUT2D eigenvalue weighted by atomic mass is 19.1. The topological polar surface area (TPSA) is 55.6 Å². The van der Waals surface area contributed by atoms with Crippen molar-refractivity contribution in [3.8, 4) is 5.75 Å². The Kier molecular flexibility index (Phi) is 3.89. The van der Waals surface area contributed by atoms with Crippen LogP contribution in [0, 0.1) is 5.82 Å². The van der Waals surface area contributed by atoms with Crippen LogP contribution in [0.2, 0.25) is 0 Å². The van der Waals surface area contributed by atoms with Gasteiger partial charge in [-0.2, -0.15) is 0 Å². The van der Waals surface area contributed by atoms with E-state index in [0.29, 0.717) is 11.4 Å². The third kappa shape index (κ3) is 2.88. The summed E-state index contributed by atoms with van der Waals surface area (Å²) in [7, 11) is 3.16. The van der Waals surface area contributed by atoms with E-state index in [9.17, 15) is 9.18 Å². The number of ether oxygens (including phenoxy) is 1. The molecule has 0 bridgehead atoms. The van der Waals surface area contributed by atoms with Gasteiger partial charge in [0.15, 0.2) is 0 Å². The molecule has 0 spiro atoms. The molecule has 4 nitrogen and oxygen atoms in total. The molecular formula is C15H15FN2O2. The van der Waals surface area contributed by atoms with E-state index in [2.05, 4.69) is 0 Å². The molecule has 5 heteroatoms. The molecule has 0 aliphatic carbocycles. The lowest BCUT2D eigenvalue weighted by Crippen LogP contribution is -2.26. The lowest BCUT2D eigenvalue weighted by molar-refractivity contribution is 0.0992. The number of amides is 1. The second kappa shape index (κ2) is 5.61. The Morgan fingerprint density at radius 2 is 2.00 bits per heavy atom. The predicted octanol–water partition coefficient (Wildman–Crippen LogP) is 2.69. The van der Waals surface area contributed by atoms with Crippen LogP contribution in [0.25, 0.3) is 0 Å². The van der Waals surface area contributed by atoms with E-state index < -0.39 is 5.82 Å². The molecule has 1 amide bonds. The molecule has 2 rings (SSSR count). The summed E-state index contributed by atoms with van der Waals surface area (Å²) in [5.41, 5.74) is 6.62. The van der Waals surface area contributed by atoms with Crippen LogP contribution in [-0.2, 0) is 0 Å². The van der Waals surface area contributed by atoms with Gasteiger partial charge in [0.2, 0.25) is 0 Å². The van der Waals surface area contributed by atoms with Gasteiger partial charge in [-0.1, -0.05) is 6.07 Å². The highest BCUT2D eigenvalue weighted by Crippen LogP contribution is 2.22. The summed E-state index contributed by atoms with van der Waals surface area (Å²) >= 11 is 0. The number of carbonyl (C=O) groups is 1. The number of hydrogen-bond acceptors (Lipinski definition) is 3. The van der Waals surface area contributed by atoms with Gasteiger partial charge >= 0.3 is 0 Å². The number of benzene rings is 2. The van der Waals surface area contributed by atoms with Gasteiger partial charge in [-0.25, -0.2) is 4.39 Å². The van der Waals surface area contributed by atoms with Crippen molar-refractivity contribution in [1.29, 1.82) is 0 Å². The van der Waals surface area contributed by atoms with Crippen LogP contribution in [0.3, 0.4) is 0 Å². The summed E-state index contributed by atoms with van der Waals surface area (Å²) in [5, 5.41) is 0. The van der Waals surface area contributed by atoms with E-state index in [1.165, 1.54) is 17.0 Å². The van der Waals surface area contributed by atoms with Gasteiger partial charge in [-0.3, -0.25) is 4.79 Å². The third-order valence-electron chi connectivity index (χ3n) is 2.91. The van der Waals surface area contributed by atoms with Crippen molar-refractivity contribution in [2.45, 2.75) is 0 Å². The molecule has 20 heavy (non-hydrogen) atoms. The number of halogens is 1. The maximum Gasteiger partial charge on any atom is 0.258 e. The Labute approximate surface area is 116 Å². The number of nitrogens with zero attached hydrogens (tertiary/aromatic N) is 1. The van der Waals surface area contributed by atoms with Crippen LogP contribution in [0.15, 0.2) is 42.5 Å². The van der Waals surface area contributed by atoms with E-state index in [-0.39, 0.29) is 17.2 Å².